The number of benzene rings is 1. The molecule has 0 radical (unpaired) electrons. The zero-order chi connectivity index (χ0) is 13.9. The first-order valence-corrected chi connectivity index (χ1v) is 5.47. The molecule has 0 saturated heterocycles. The SMILES string of the molecule is CCOC(=O)C(F)(F)[C@@H](N)c1cc(Cl)ccc1O.Cl. The summed E-state index contributed by atoms with van der Waals surface area (Å²) in [6, 6.07) is 1.48. The zero-order valence-corrected chi connectivity index (χ0v) is 11.5. The van der Waals surface area contributed by atoms with Gasteiger partial charge in [-0.15, -0.1) is 12.4 Å². The van der Waals surface area contributed by atoms with Crippen LogP contribution in [0.25, 0.3) is 0 Å². The molecule has 4 nitrogen and oxygen atoms in total. The predicted molar refractivity (Wildman–Crippen MR) is 68.9 cm³/mol. The molecule has 19 heavy (non-hydrogen) atoms. The lowest BCUT2D eigenvalue weighted by atomic mass is 10.0. The maximum absolute atomic E-state index is 13.6. The highest BCUT2D eigenvalue weighted by Gasteiger charge is 2.48. The Kier molecular flexibility index (Phi) is 6.48. The van der Waals surface area contributed by atoms with E-state index in [9.17, 15) is 18.7 Å². The number of phenols is 1. The molecule has 0 aliphatic heterocycles. The molecule has 0 fully saturated rings. The molecule has 108 valence electrons. The molecular formula is C11H13Cl2F2NO3. The number of alkyl halides is 2. The van der Waals surface area contributed by atoms with Gasteiger partial charge in [-0.2, -0.15) is 8.78 Å². The van der Waals surface area contributed by atoms with Gasteiger partial charge in [-0.25, -0.2) is 4.79 Å². The number of phenolic OH excluding ortho intramolecular Hbond substituents is 1. The van der Waals surface area contributed by atoms with Crippen LogP contribution in [0.3, 0.4) is 0 Å². The number of carbonyl (C=O) groups excluding carboxylic acids is 1. The normalized spacial score (nSPS) is 12.5. The number of aromatic hydroxyl groups is 1. The standard InChI is InChI=1S/C11H12ClF2NO3.ClH/c1-2-18-10(17)11(13,14)9(15)7-5-6(12)3-4-8(7)16;/h3-5,9,16H,2,15H2,1H3;1H/t9-;/m0./s1. The number of rotatable bonds is 4. The summed E-state index contributed by atoms with van der Waals surface area (Å²) in [5.74, 6) is -6.15. The largest absolute Gasteiger partial charge is 0.508 e. The van der Waals surface area contributed by atoms with Gasteiger partial charge in [0.1, 0.15) is 11.8 Å². The van der Waals surface area contributed by atoms with Gasteiger partial charge in [0, 0.05) is 10.6 Å². The molecule has 0 aromatic heterocycles. The van der Waals surface area contributed by atoms with Crippen molar-refractivity contribution in [2.24, 2.45) is 5.73 Å². The van der Waals surface area contributed by atoms with Gasteiger partial charge in [0.15, 0.2) is 0 Å². The second-order valence-electron chi connectivity index (χ2n) is 3.52. The van der Waals surface area contributed by atoms with E-state index in [2.05, 4.69) is 4.74 Å². The number of carbonyl (C=O) groups is 1. The molecule has 0 spiro atoms. The summed E-state index contributed by atoms with van der Waals surface area (Å²) < 4.78 is 31.5. The van der Waals surface area contributed by atoms with Crippen molar-refractivity contribution < 1.29 is 23.4 Å². The third-order valence-corrected chi connectivity index (χ3v) is 2.50. The molecule has 0 aliphatic rings. The third kappa shape index (κ3) is 3.92. The van der Waals surface area contributed by atoms with Crippen LogP contribution in [0.15, 0.2) is 18.2 Å². The Morgan fingerprint density at radius 1 is 1.58 bits per heavy atom. The van der Waals surface area contributed by atoms with Crippen molar-refractivity contribution in [3.63, 3.8) is 0 Å². The van der Waals surface area contributed by atoms with Crippen LogP contribution in [-0.2, 0) is 9.53 Å². The van der Waals surface area contributed by atoms with E-state index in [1.807, 2.05) is 0 Å². The van der Waals surface area contributed by atoms with E-state index in [0.717, 1.165) is 12.1 Å². The summed E-state index contributed by atoms with van der Waals surface area (Å²) in [6.45, 7) is 1.21. The molecule has 0 heterocycles. The zero-order valence-electron chi connectivity index (χ0n) is 9.90. The Labute approximate surface area is 119 Å². The molecule has 0 saturated carbocycles. The fraction of sp³-hybridized carbons (Fsp3) is 0.364. The minimum Gasteiger partial charge on any atom is -0.508 e. The topological polar surface area (TPSA) is 72.5 Å². The molecule has 0 amide bonds. The Morgan fingerprint density at radius 2 is 2.16 bits per heavy atom. The molecule has 8 heteroatoms. The van der Waals surface area contributed by atoms with Gasteiger partial charge < -0.3 is 15.6 Å². The third-order valence-electron chi connectivity index (χ3n) is 2.26. The van der Waals surface area contributed by atoms with Crippen molar-refractivity contribution in [3.05, 3.63) is 28.8 Å². The highest BCUT2D eigenvalue weighted by atomic mass is 35.5. The van der Waals surface area contributed by atoms with Crippen LogP contribution in [0.4, 0.5) is 8.78 Å². The van der Waals surface area contributed by atoms with Crippen molar-refractivity contribution in [2.75, 3.05) is 6.61 Å². The maximum Gasteiger partial charge on any atom is 0.379 e. The van der Waals surface area contributed by atoms with E-state index < -0.39 is 23.7 Å². The molecule has 0 unspecified atom stereocenters. The Bertz CT molecular complexity index is 458. The summed E-state index contributed by atoms with van der Waals surface area (Å²) >= 11 is 5.62. The van der Waals surface area contributed by atoms with E-state index in [4.69, 9.17) is 17.3 Å². The van der Waals surface area contributed by atoms with Gasteiger partial charge in [-0.3, -0.25) is 0 Å². The van der Waals surface area contributed by atoms with Crippen molar-refractivity contribution >= 4 is 30.0 Å². The van der Waals surface area contributed by atoms with Crippen molar-refractivity contribution in [1.29, 1.82) is 0 Å². The number of ether oxygens (including phenoxy) is 1. The van der Waals surface area contributed by atoms with Gasteiger partial charge >= 0.3 is 11.9 Å². The fourth-order valence-electron chi connectivity index (χ4n) is 1.32. The van der Waals surface area contributed by atoms with E-state index in [1.54, 1.807) is 0 Å². The van der Waals surface area contributed by atoms with Crippen molar-refractivity contribution in [2.45, 2.75) is 18.9 Å². The summed E-state index contributed by atoms with van der Waals surface area (Å²) in [5, 5.41) is 9.58. The quantitative estimate of drug-likeness (QED) is 0.838. The lowest BCUT2D eigenvalue weighted by molar-refractivity contribution is -0.174. The summed E-state index contributed by atoms with van der Waals surface area (Å²) in [4.78, 5) is 11.1. The summed E-state index contributed by atoms with van der Waals surface area (Å²) in [7, 11) is 0. The van der Waals surface area contributed by atoms with Crippen LogP contribution < -0.4 is 5.73 Å². The van der Waals surface area contributed by atoms with Crippen LogP contribution in [0.2, 0.25) is 5.02 Å². The van der Waals surface area contributed by atoms with Crippen LogP contribution >= 0.6 is 24.0 Å². The summed E-state index contributed by atoms with van der Waals surface area (Å²) in [5.41, 5.74) is 4.99. The Morgan fingerprint density at radius 3 is 2.68 bits per heavy atom. The molecule has 3 N–H and O–H groups in total. The first kappa shape index (κ1) is 17.9. The van der Waals surface area contributed by atoms with Gasteiger partial charge in [-0.05, 0) is 25.1 Å². The van der Waals surface area contributed by atoms with E-state index >= 15 is 0 Å². The molecular weight excluding hydrogens is 303 g/mol. The van der Waals surface area contributed by atoms with E-state index in [1.165, 1.54) is 13.0 Å². The lowest BCUT2D eigenvalue weighted by Crippen LogP contribution is -2.41. The monoisotopic (exact) mass is 315 g/mol. The first-order valence-electron chi connectivity index (χ1n) is 5.09. The minimum atomic E-state index is -3.95. The average molecular weight is 316 g/mol. The maximum atomic E-state index is 13.6. The van der Waals surface area contributed by atoms with Gasteiger partial charge in [-0.1, -0.05) is 11.6 Å². The van der Waals surface area contributed by atoms with Crippen LogP contribution in [-0.4, -0.2) is 23.6 Å². The molecule has 1 aromatic rings. The highest BCUT2D eigenvalue weighted by Crippen LogP contribution is 2.36. The fourth-order valence-corrected chi connectivity index (χ4v) is 1.50. The van der Waals surface area contributed by atoms with Crippen molar-refractivity contribution in [1.82, 2.24) is 0 Å². The summed E-state index contributed by atoms with van der Waals surface area (Å²) in [6.07, 6.45) is 0. The van der Waals surface area contributed by atoms with Gasteiger partial charge in [0.25, 0.3) is 0 Å². The second-order valence-corrected chi connectivity index (χ2v) is 3.96. The number of esters is 1. The number of halogens is 4. The van der Waals surface area contributed by atoms with E-state index in [-0.39, 0.29) is 29.6 Å². The smallest absolute Gasteiger partial charge is 0.379 e. The molecule has 1 aromatic carbocycles. The molecule has 0 bridgehead atoms. The van der Waals surface area contributed by atoms with Crippen LogP contribution in [0, 0.1) is 0 Å². The van der Waals surface area contributed by atoms with E-state index in [0.29, 0.717) is 0 Å². The minimum absolute atomic E-state index is 0. The lowest BCUT2D eigenvalue weighted by Gasteiger charge is -2.22. The predicted octanol–water partition coefficient (Wildman–Crippen LogP) is 2.67. The van der Waals surface area contributed by atoms with Gasteiger partial charge in [0.05, 0.1) is 6.61 Å². The Balaban J connectivity index is 0.00000324. The van der Waals surface area contributed by atoms with Crippen LogP contribution in [0.1, 0.15) is 18.5 Å². The molecule has 1 atom stereocenters. The number of hydrogen-bond acceptors (Lipinski definition) is 4. The Hall–Kier alpha value is -1.11. The number of nitrogens with two attached hydrogens (primary N) is 1. The highest BCUT2D eigenvalue weighted by molar-refractivity contribution is 6.30. The molecule has 1 rings (SSSR count). The van der Waals surface area contributed by atoms with Crippen LogP contribution in [0.5, 0.6) is 5.75 Å². The molecule has 0 aliphatic carbocycles. The number of hydrogen-bond donors (Lipinski definition) is 2. The average Bonchev–Trinajstić information content (AvgIpc) is 2.31. The van der Waals surface area contributed by atoms with Gasteiger partial charge in [0.2, 0.25) is 0 Å². The first-order chi connectivity index (χ1) is 8.30. The van der Waals surface area contributed by atoms with Crippen molar-refractivity contribution in [3.8, 4) is 5.75 Å². The second kappa shape index (κ2) is 6.88.